The largest absolute Gasteiger partial charge is 0.492 e. The maximum atomic E-state index is 14.0. The van der Waals surface area contributed by atoms with Gasteiger partial charge in [0.2, 0.25) is 10.0 Å². The monoisotopic (exact) mass is 498 g/mol. The summed E-state index contributed by atoms with van der Waals surface area (Å²) >= 11 is 2.82. The van der Waals surface area contributed by atoms with Crippen LogP contribution >= 0.6 is 15.9 Å². The topological polar surface area (TPSA) is 92.8 Å². The molecule has 12 heteroatoms. The van der Waals surface area contributed by atoms with E-state index in [0.717, 1.165) is 16.4 Å². The minimum atomic E-state index is -4.49. The normalized spacial score (nSPS) is 12.2. The number of benzene rings is 2. The van der Waals surface area contributed by atoms with Crippen LogP contribution in [0.15, 0.2) is 44.6 Å². The molecule has 2 aromatic rings. The van der Waals surface area contributed by atoms with Gasteiger partial charge in [-0.15, -0.1) is 0 Å². The molecule has 0 saturated carbocycles. The van der Waals surface area contributed by atoms with Crippen molar-refractivity contribution in [1.82, 2.24) is 4.31 Å². The second-order valence-electron chi connectivity index (χ2n) is 5.69. The van der Waals surface area contributed by atoms with E-state index in [-0.39, 0.29) is 27.4 Å². The molecule has 2 aromatic carbocycles. The summed E-state index contributed by atoms with van der Waals surface area (Å²) < 4.78 is 85.5. The fourth-order valence-electron chi connectivity index (χ4n) is 2.24. The second-order valence-corrected chi connectivity index (χ2v) is 10.3. The van der Waals surface area contributed by atoms with Gasteiger partial charge >= 0.3 is 0 Å². The van der Waals surface area contributed by atoms with Crippen LogP contribution in [0.2, 0.25) is 0 Å². The van der Waals surface area contributed by atoms with E-state index in [0.29, 0.717) is 6.07 Å². The highest BCUT2D eigenvalue weighted by Gasteiger charge is 2.27. The van der Waals surface area contributed by atoms with Crippen LogP contribution in [0.4, 0.5) is 14.5 Å². The molecule has 0 bridgehead atoms. The molecule has 0 aromatic heterocycles. The van der Waals surface area contributed by atoms with E-state index in [4.69, 9.17) is 4.74 Å². The first-order chi connectivity index (χ1) is 12.9. The molecular weight excluding hydrogens is 482 g/mol. The van der Waals surface area contributed by atoms with Crippen molar-refractivity contribution >= 4 is 41.7 Å². The number of nitrogens with zero attached hydrogens (tertiary/aromatic N) is 1. The molecule has 0 heterocycles. The summed E-state index contributed by atoms with van der Waals surface area (Å²) in [6.45, 7) is 1.85. The molecule has 7 nitrogen and oxygen atoms in total. The quantitative estimate of drug-likeness (QED) is 0.632. The van der Waals surface area contributed by atoms with Crippen LogP contribution in [0.5, 0.6) is 5.75 Å². The predicted octanol–water partition coefficient (Wildman–Crippen LogP) is 3.18. The van der Waals surface area contributed by atoms with Crippen molar-refractivity contribution in [1.29, 1.82) is 0 Å². The van der Waals surface area contributed by atoms with E-state index in [2.05, 4.69) is 20.7 Å². The molecule has 0 radical (unpaired) electrons. The molecule has 0 fully saturated rings. The highest BCUT2D eigenvalue weighted by molar-refractivity contribution is 9.10. The maximum Gasteiger partial charge on any atom is 0.265 e. The number of nitrogens with one attached hydrogen (secondary N) is 1. The molecule has 0 aliphatic heterocycles. The predicted molar refractivity (Wildman–Crippen MR) is 103 cm³/mol. The van der Waals surface area contributed by atoms with Crippen LogP contribution in [0.25, 0.3) is 0 Å². The van der Waals surface area contributed by atoms with Crippen LogP contribution in [0.3, 0.4) is 0 Å². The van der Waals surface area contributed by atoms with Crippen molar-refractivity contribution in [2.24, 2.45) is 0 Å². The first kappa shape index (κ1) is 22.5. The van der Waals surface area contributed by atoms with Crippen molar-refractivity contribution in [2.45, 2.75) is 16.7 Å². The Balaban J connectivity index is 2.56. The summed E-state index contributed by atoms with van der Waals surface area (Å²) in [5, 5.41) is 0. The number of hydrogen-bond donors (Lipinski definition) is 1. The van der Waals surface area contributed by atoms with E-state index in [1.165, 1.54) is 26.2 Å². The van der Waals surface area contributed by atoms with Crippen LogP contribution in [0.1, 0.15) is 6.92 Å². The number of rotatable bonds is 7. The van der Waals surface area contributed by atoms with E-state index in [1.54, 1.807) is 6.92 Å². The lowest BCUT2D eigenvalue weighted by molar-refractivity contribution is 0.330. The van der Waals surface area contributed by atoms with Crippen molar-refractivity contribution < 1.29 is 30.4 Å². The van der Waals surface area contributed by atoms with Crippen LogP contribution in [-0.4, -0.2) is 41.8 Å². The van der Waals surface area contributed by atoms with E-state index < -0.39 is 36.6 Å². The van der Waals surface area contributed by atoms with Crippen molar-refractivity contribution in [3.05, 3.63) is 46.4 Å². The number of anilines is 1. The molecule has 0 aliphatic rings. The van der Waals surface area contributed by atoms with E-state index >= 15 is 0 Å². The summed E-state index contributed by atoms with van der Waals surface area (Å²) in [4.78, 5) is -1.07. The summed E-state index contributed by atoms with van der Waals surface area (Å²) in [5.41, 5.74) is -0.139. The van der Waals surface area contributed by atoms with Crippen LogP contribution in [0, 0.1) is 11.6 Å². The molecular formula is C16H17BrF2N2O5S2. The van der Waals surface area contributed by atoms with Crippen LogP contribution in [-0.2, 0) is 20.0 Å². The zero-order valence-electron chi connectivity index (χ0n) is 15.0. The lowest BCUT2D eigenvalue weighted by Crippen LogP contribution is -2.23. The average molecular weight is 499 g/mol. The minimum Gasteiger partial charge on any atom is -0.492 e. The van der Waals surface area contributed by atoms with Gasteiger partial charge in [0.15, 0.2) is 0 Å². The number of ether oxygens (including phenoxy) is 1. The summed E-state index contributed by atoms with van der Waals surface area (Å²) in [6, 6.07) is 4.85. The zero-order chi connectivity index (χ0) is 21.3. The van der Waals surface area contributed by atoms with Crippen molar-refractivity contribution in [3.63, 3.8) is 0 Å². The Morgan fingerprint density at radius 1 is 1.11 bits per heavy atom. The summed E-state index contributed by atoms with van der Waals surface area (Å²) in [6.07, 6.45) is 0. The van der Waals surface area contributed by atoms with Crippen LogP contribution < -0.4 is 9.46 Å². The van der Waals surface area contributed by atoms with Gasteiger partial charge in [-0.3, -0.25) is 4.72 Å². The molecule has 0 atom stereocenters. The molecule has 28 heavy (non-hydrogen) atoms. The third-order valence-corrected chi connectivity index (χ3v) is 7.67. The summed E-state index contributed by atoms with van der Waals surface area (Å²) in [5.74, 6) is -2.22. The highest BCUT2D eigenvalue weighted by atomic mass is 79.9. The van der Waals surface area contributed by atoms with Gasteiger partial charge in [-0.05, 0) is 47.1 Å². The molecule has 0 aliphatic carbocycles. The molecule has 0 unspecified atom stereocenters. The Hall–Kier alpha value is -1.76. The highest BCUT2D eigenvalue weighted by Crippen LogP contribution is 2.32. The molecule has 1 N–H and O–H groups in total. The Morgan fingerprint density at radius 3 is 2.29 bits per heavy atom. The fraction of sp³-hybridized carbons (Fsp3) is 0.250. The van der Waals surface area contributed by atoms with Gasteiger partial charge in [0, 0.05) is 24.6 Å². The van der Waals surface area contributed by atoms with Gasteiger partial charge in [0.05, 0.1) is 12.3 Å². The van der Waals surface area contributed by atoms with Crippen molar-refractivity contribution in [2.75, 3.05) is 25.4 Å². The smallest absolute Gasteiger partial charge is 0.265 e. The molecule has 0 amide bonds. The average Bonchev–Trinajstić information content (AvgIpc) is 2.54. The van der Waals surface area contributed by atoms with Gasteiger partial charge in [-0.25, -0.2) is 29.9 Å². The number of halogens is 3. The van der Waals surface area contributed by atoms with Gasteiger partial charge in [-0.1, -0.05) is 0 Å². The second kappa shape index (κ2) is 8.31. The number of sulfonamides is 2. The standard InChI is InChI=1S/C16H17BrF2N2O5S2/c1-4-26-14-6-5-11(9-15(14)28(24,25)21(2)3)20-27(22,23)16-12(17)7-10(18)8-13(16)19/h5-9,20H,4H2,1-3H3. The van der Waals surface area contributed by atoms with Gasteiger partial charge < -0.3 is 4.74 Å². The van der Waals surface area contributed by atoms with Gasteiger partial charge in [0.1, 0.15) is 27.2 Å². The minimum absolute atomic E-state index is 0.0355. The molecule has 0 saturated heterocycles. The maximum absolute atomic E-state index is 14.0. The lowest BCUT2D eigenvalue weighted by Gasteiger charge is -2.17. The van der Waals surface area contributed by atoms with Gasteiger partial charge in [0.25, 0.3) is 10.0 Å². The van der Waals surface area contributed by atoms with E-state index in [1.807, 2.05) is 0 Å². The SMILES string of the molecule is CCOc1ccc(NS(=O)(=O)c2c(F)cc(F)cc2Br)cc1S(=O)(=O)N(C)C. The summed E-state index contributed by atoms with van der Waals surface area (Å²) in [7, 11) is -5.82. The zero-order valence-corrected chi connectivity index (χ0v) is 18.3. The first-order valence-electron chi connectivity index (χ1n) is 7.77. The Labute approximate surface area is 170 Å². The lowest BCUT2D eigenvalue weighted by atomic mass is 10.3. The Kier molecular flexibility index (Phi) is 6.69. The number of hydrogen-bond acceptors (Lipinski definition) is 5. The molecule has 2 rings (SSSR count). The fourth-order valence-corrected chi connectivity index (χ4v) is 5.50. The van der Waals surface area contributed by atoms with Crippen molar-refractivity contribution in [3.8, 4) is 5.75 Å². The third-order valence-electron chi connectivity index (χ3n) is 3.49. The Bertz CT molecular complexity index is 1080. The Morgan fingerprint density at radius 2 is 1.75 bits per heavy atom. The van der Waals surface area contributed by atoms with Gasteiger partial charge in [-0.2, -0.15) is 0 Å². The first-order valence-corrected chi connectivity index (χ1v) is 11.5. The molecule has 0 spiro atoms. The van der Waals surface area contributed by atoms with E-state index in [9.17, 15) is 25.6 Å². The third kappa shape index (κ3) is 4.62. The molecule has 154 valence electrons.